The molecule has 4 rings (SSSR count). The molecule has 1 aliphatic rings. The molecule has 1 amide bonds. The zero-order valence-corrected chi connectivity index (χ0v) is 14.6. The Bertz CT molecular complexity index is 908. The topological polar surface area (TPSA) is 73.0 Å². The molecule has 3 aromatic rings. The van der Waals surface area contributed by atoms with Crippen LogP contribution in [0.5, 0.6) is 0 Å². The number of hydrogen-bond acceptors (Lipinski definition) is 5. The highest BCUT2D eigenvalue weighted by atomic mass is 32.1. The van der Waals surface area contributed by atoms with Gasteiger partial charge in [0.1, 0.15) is 11.5 Å². The van der Waals surface area contributed by atoms with E-state index in [9.17, 15) is 4.79 Å². The number of aryl methyl sites for hydroxylation is 1. The molecule has 7 heteroatoms. The van der Waals surface area contributed by atoms with Gasteiger partial charge in [0.05, 0.1) is 12.0 Å². The highest BCUT2D eigenvalue weighted by Crippen LogP contribution is 2.27. The summed E-state index contributed by atoms with van der Waals surface area (Å²) in [4.78, 5) is 17.1. The first-order valence-corrected chi connectivity index (χ1v) is 9.11. The number of nitrogens with one attached hydrogen (secondary N) is 1. The monoisotopic (exact) mass is 354 g/mol. The van der Waals surface area contributed by atoms with Crippen LogP contribution >= 0.6 is 11.3 Å². The SMILES string of the molecule is Cc1cc(NC(=O)C2CC=CCC2)n(-c2nc(-c3ccco3)cs2)n1. The van der Waals surface area contributed by atoms with Crippen molar-refractivity contribution in [2.45, 2.75) is 26.2 Å². The molecule has 0 spiro atoms. The van der Waals surface area contributed by atoms with Gasteiger partial charge in [0.25, 0.3) is 0 Å². The summed E-state index contributed by atoms with van der Waals surface area (Å²) in [5, 5.41) is 10.1. The third-order valence-corrected chi connectivity index (χ3v) is 4.99. The number of hydrogen-bond donors (Lipinski definition) is 1. The van der Waals surface area contributed by atoms with Crippen LogP contribution in [0.1, 0.15) is 25.0 Å². The first-order valence-electron chi connectivity index (χ1n) is 8.23. The Morgan fingerprint density at radius 2 is 2.36 bits per heavy atom. The van der Waals surface area contributed by atoms with Gasteiger partial charge in [-0.3, -0.25) is 4.79 Å². The number of nitrogens with zero attached hydrogens (tertiary/aromatic N) is 3. The zero-order valence-electron chi connectivity index (χ0n) is 13.8. The lowest BCUT2D eigenvalue weighted by Crippen LogP contribution is -2.24. The largest absolute Gasteiger partial charge is 0.463 e. The van der Waals surface area contributed by atoms with Crippen LogP contribution in [0, 0.1) is 12.8 Å². The molecule has 0 saturated heterocycles. The molecule has 128 valence electrons. The molecule has 0 aliphatic heterocycles. The average Bonchev–Trinajstić information content (AvgIpc) is 3.35. The van der Waals surface area contributed by atoms with Gasteiger partial charge in [0.2, 0.25) is 11.0 Å². The number of carbonyl (C=O) groups excluding carboxylic acids is 1. The van der Waals surface area contributed by atoms with E-state index in [1.807, 2.05) is 30.5 Å². The summed E-state index contributed by atoms with van der Waals surface area (Å²) in [7, 11) is 0. The summed E-state index contributed by atoms with van der Waals surface area (Å²) >= 11 is 1.46. The second-order valence-electron chi connectivity index (χ2n) is 6.05. The fraction of sp³-hybridized carbons (Fsp3) is 0.278. The third kappa shape index (κ3) is 3.28. The van der Waals surface area contributed by atoms with Gasteiger partial charge in [0, 0.05) is 17.4 Å². The summed E-state index contributed by atoms with van der Waals surface area (Å²) in [6.45, 7) is 1.90. The molecule has 6 nitrogen and oxygen atoms in total. The zero-order chi connectivity index (χ0) is 17.2. The standard InChI is InChI=1S/C18H18N4O2S/c1-12-10-16(20-17(23)13-6-3-2-4-7-13)22(21-12)18-19-14(11-25-18)15-8-5-9-24-15/h2-3,5,8-11,13H,4,6-7H2,1H3,(H,20,23). The van der Waals surface area contributed by atoms with Crippen molar-refractivity contribution in [3.8, 4) is 16.6 Å². The van der Waals surface area contributed by atoms with Crippen LogP contribution in [0.15, 0.2) is 46.4 Å². The average molecular weight is 354 g/mol. The summed E-state index contributed by atoms with van der Waals surface area (Å²) in [5.74, 6) is 1.42. The van der Waals surface area contributed by atoms with Gasteiger partial charge in [-0.15, -0.1) is 11.3 Å². The maximum absolute atomic E-state index is 12.5. The Morgan fingerprint density at radius 1 is 1.44 bits per heavy atom. The molecule has 1 aliphatic carbocycles. The van der Waals surface area contributed by atoms with Gasteiger partial charge in [0.15, 0.2) is 5.76 Å². The molecule has 3 aromatic heterocycles. The van der Waals surface area contributed by atoms with E-state index in [1.54, 1.807) is 10.9 Å². The maximum Gasteiger partial charge on any atom is 0.228 e. The van der Waals surface area contributed by atoms with Gasteiger partial charge in [-0.05, 0) is 38.3 Å². The quantitative estimate of drug-likeness (QED) is 0.713. The molecule has 3 heterocycles. The van der Waals surface area contributed by atoms with E-state index >= 15 is 0 Å². The summed E-state index contributed by atoms with van der Waals surface area (Å²) in [5.41, 5.74) is 1.58. The van der Waals surface area contributed by atoms with E-state index in [1.165, 1.54) is 11.3 Å². The van der Waals surface area contributed by atoms with Gasteiger partial charge in [-0.2, -0.15) is 9.78 Å². The van der Waals surface area contributed by atoms with Crippen LogP contribution in [-0.2, 0) is 4.79 Å². The molecule has 25 heavy (non-hydrogen) atoms. The van der Waals surface area contributed by atoms with Crippen molar-refractivity contribution in [1.82, 2.24) is 14.8 Å². The molecule has 0 fully saturated rings. The van der Waals surface area contributed by atoms with E-state index < -0.39 is 0 Å². The van der Waals surface area contributed by atoms with Crippen molar-refractivity contribution in [2.24, 2.45) is 5.92 Å². The minimum atomic E-state index is 0.0173. The normalized spacial score (nSPS) is 16.9. The van der Waals surface area contributed by atoms with Gasteiger partial charge >= 0.3 is 0 Å². The molecular formula is C18H18N4O2S. The predicted molar refractivity (Wildman–Crippen MR) is 96.8 cm³/mol. The van der Waals surface area contributed by atoms with Crippen LogP contribution in [0.25, 0.3) is 16.6 Å². The fourth-order valence-electron chi connectivity index (χ4n) is 2.89. The Labute approximate surface area is 149 Å². The summed E-state index contributed by atoms with van der Waals surface area (Å²) in [6, 6.07) is 5.56. The Balaban J connectivity index is 1.59. The Hall–Kier alpha value is -2.67. The van der Waals surface area contributed by atoms with Crippen molar-refractivity contribution in [3.63, 3.8) is 0 Å². The van der Waals surface area contributed by atoms with E-state index in [2.05, 4.69) is 27.6 Å². The second kappa shape index (κ2) is 6.68. The van der Waals surface area contributed by atoms with Crippen LogP contribution in [0.4, 0.5) is 5.82 Å². The molecular weight excluding hydrogens is 336 g/mol. The van der Waals surface area contributed by atoms with E-state index in [0.29, 0.717) is 16.7 Å². The lowest BCUT2D eigenvalue weighted by Gasteiger charge is -2.17. The van der Waals surface area contributed by atoms with E-state index in [0.717, 1.165) is 30.7 Å². The number of carbonyl (C=O) groups is 1. The van der Waals surface area contributed by atoms with Crippen molar-refractivity contribution in [1.29, 1.82) is 0 Å². The molecule has 0 aromatic carbocycles. The first kappa shape index (κ1) is 15.8. The van der Waals surface area contributed by atoms with Crippen LogP contribution in [0.2, 0.25) is 0 Å². The lowest BCUT2D eigenvalue weighted by molar-refractivity contribution is -0.120. The predicted octanol–water partition coefficient (Wildman–Crippen LogP) is 4.19. The number of anilines is 1. The van der Waals surface area contributed by atoms with Crippen molar-refractivity contribution < 1.29 is 9.21 Å². The number of thiazole rings is 1. The van der Waals surface area contributed by atoms with Crippen molar-refractivity contribution in [2.75, 3.05) is 5.32 Å². The highest BCUT2D eigenvalue weighted by Gasteiger charge is 2.21. The molecule has 1 atom stereocenters. The molecule has 0 radical (unpaired) electrons. The van der Waals surface area contributed by atoms with Gasteiger partial charge < -0.3 is 9.73 Å². The van der Waals surface area contributed by atoms with E-state index in [4.69, 9.17) is 4.42 Å². The van der Waals surface area contributed by atoms with Crippen LogP contribution in [-0.4, -0.2) is 20.7 Å². The third-order valence-electron chi connectivity index (χ3n) is 4.17. The van der Waals surface area contributed by atoms with E-state index in [-0.39, 0.29) is 11.8 Å². The van der Waals surface area contributed by atoms with Gasteiger partial charge in [-0.1, -0.05) is 12.2 Å². The first-order chi connectivity index (χ1) is 12.2. The minimum Gasteiger partial charge on any atom is -0.463 e. The number of allylic oxidation sites excluding steroid dienone is 2. The number of rotatable bonds is 4. The smallest absolute Gasteiger partial charge is 0.228 e. The Morgan fingerprint density at radius 3 is 3.12 bits per heavy atom. The number of amides is 1. The molecule has 1 unspecified atom stereocenters. The minimum absolute atomic E-state index is 0.0173. The molecule has 0 saturated carbocycles. The van der Waals surface area contributed by atoms with Crippen LogP contribution < -0.4 is 5.32 Å². The summed E-state index contributed by atoms with van der Waals surface area (Å²) in [6.07, 6.45) is 8.46. The van der Waals surface area contributed by atoms with Crippen LogP contribution in [0.3, 0.4) is 0 Å². The maximum atomic E-state index is 12.5. The fourth-order valence-corrected chi connectivity index (χ4v) is 3.67. The number of furan rings is 1. The highest BCUT2D eigenvalue weighted by molar-refractivity contribution is 7.12. The Kier molecular flexibility index (Phi) is 4.23. The van der Waals surface area contributed by atoms with Gasteiger partial charge in [-0.25, -0.2) is 4.98 Å². The van der Waals surface area contributed by atoms with Crippen molar-refractivity contribution in [3.05, 3.63) is 47.7 Å². The number of aromatic nitrogens is 3. The molecule has 1 N–H and O–H groups in total. The lowest BCUT2D eigenvalue weighted by atomic mass is 9.94. The summed E-state index contributed by atoms with van der Waals surface area (Å²) < 4.78 is 7.07. The van der Waals surface area contributed by atoms with Crippen molar-refractivity contribution >= 4 is 23.1 Å². The molecule has 0 bridgehead atoms. The second-order valence-corrected chi connectivity index (χ2v) is 6.88.